The van der Waals surface area contributed by atoms with Gasteiger partial charge in [-0.3, -0.25) is 0 Å². The lowest BCUT2D eigenvalue weighted by Gasteiger charge is -2.29. The van der Waals surface area contributed by atoms with Crippen molar-refractivity contribution in [3.63, 3.8) is 0 Å². The van der Waals surface area contributed by atoms with E-state index in [9.17, 15) is 0 Å². The summed E-state index contributed by atoms with van der Waals surface area (Å²) in [6.07, 6.45) is 3.24. The monoisotopic (exact) mass is 238 g/mol. The molecule has 1 aromatic rings. The minimum atomic E-state index is 0.544. The fraction of sp³-hybridized carbons (Fsp3) is 0.538. The highest BCUT2D eigenvalue weighted by Crippen LogP contribution is 2.29. The fourth-order valence-electron chi connectivity index (χ4n) is 1.79. The molecular formula is C13H22N2S. The van der Waals surface area contributed by atoms with Gasteiger partial charge >= 0.3 is 0 Å². The van der Waals surface area contributed by atoms with Gasteiger partial charge in [0.1, 0.15) is 0 Å². The van der Waals surface area contributed by atoms with Crippen molar-refractivity contribution in [2.45, 2.75) is 37.8 Å². The summed E-state index contributed by atoms with van der Waals surface area (Å²) in [4.78, 5) is 3.61. The largest absolute Gasteiger partial charge is 0.372 e. The van der Waals surface area contributed by atoms with Crippen LogP contribution in [0.1, 0.15) is 25.8 Å². The van der Waals surface area contributed by atoms with Crippen molar-refractivity contribution in [3.05, 3.63) is 23.8 Å². The highest BCUT2D eigenvalue weighted by Gasteiger charge is 2.13. The molecule has 0 aliphatic heterocycles. The van der Waals surface area contributed by atoms with Crippen LogP contribution in [0.4, 0.5) is 5.69 Å². The summed E-state index contributed by atoms with van der Waals surface area (Å²) in [6.45, 7) is 5.06. The Morgan fingerprint density at radius 1 is 1.44 bits per heavy atom. The summed E-state index contributed by atoms with van der Waals surface area (Å²) in [5.74, 6) is 0. The van der Waals surface area contributed by atoms with E-state index in [0.717, 1.165) is 6.42 Å². The van der Waals surface area contributed by atoms with Crippen LogP contribution in [0, 0.1) is 0 Å². The highest BCUT2D eigenvalue weighted by molar-refractivity contribution is 7.98. The first-order valence-corrected chi connectivity index (χ1v) is 6.96. The van der Waals surface area contributed by atoms with Gasteiger partial charge in [0.25, 0.3) is 0 Å². The molecule has 2 nitrogen and oxygen atoms in total. The van der Waals surface area contributed by atoms with Crippen molar-refractivity contribution in [2.75, 3.05) is 18.2 Å². The Labute approximate surface area is 103 Å². The van der Waals surface area contributed by atoms with Gasteiger partial charge in [-0.05, 0) is 31.7 Å². The predicted octanol–water partition coefficient (Wildman–Crippen LogP) is 3.10. The van der Waals surface area contributed by atoms with E-state index in [-0.39, 0.29) is 0 Å². The fourth-order valence-corrected chi connectivity index (χ4v) is 2.44. The summed E-state index contributed by atoms with van der Waals surface area (Å²) in [5.41, 5.74) is 8.40. The standard InChI is InChI=1S/C13H22N2S/c1-5-10(2)15(3)12-7-6-8-13(16-4)11(12)9-14/h6-8,10H,5,9,14H2,1-4H3. The van der Waals surface area contributed by atoms with Crippen molar-refractivity contribution in [3.8, 4) is 0 Å². The van der Waals surface area contributed by atoms with Crippen LogP contribution in [0.3, 0.4) is 0 Å². The number of thioether (sulfide) groups is 1. The van der Waals surface area contributed by atoms with Crippen molar-refractivity contribution >= 4 is 17.4 Å². The zero-order valence-corrected chi connectivity index (χ0v) is 11.5. The summed E-state index contributed by atoms with van der Waals surface area (Å²) in [7, 11) is 2.15. The molecule has 16 heavy (non-hydrogen) atoms. The zero-order chi connectivity index (χ0) is 12.1. The molecule has 1 unspecified atom stereocenters. The highest BCUT2D eigenvalue weighted by atomic mass is 32.2. The SMILES string of the molecule is CCC(C)N(C)c1cccc(SC)c1CN. The molecule has 0 aliphatic carbocycles. The first kappa shape index (κ1) is 13.4. The van der Waals surface area contributed by atoms with E-state index in [2.05, 4.69) is 50.2 Å². The third-order valence-electron chi connectivity index (χ3n) is 3.16. The number of rotatable bonds is 5. The minimum absolute atomic E-state index is 0.544. The van der Waals surface area contributed by atoms with Crippen LogP contribution >= 0.6 is 11.8 Å². The van der Waals surface area contributed by atoms with E-state index in [4.69, 9.17) is 5.73 Å². The van der Waals surface area contributed by atoms with E-state index in [1.165, 1.54) is 16.1 Å². The second-order valence-corrected chi connectivity index (χ2v) is 4.88. The van der Waals surface area contributed by atoms with Gasteiger partial charge in [0.05, 0.1) is 0 Å². The van der Waals surface area contributed by atoms with E-state index in [1.54, 1.807) is 11.8 Å². The molecule has 1 aromatic carbocycles. The lowest BCUT2D eigenvalue weighted by atomic mass is 10.1. The Kier molecular flexibility index (Phi) is 5.16. The maximum Gasteiger partial charge on any atom is 0.0422 e. The smallest absolute Gasteiger partial charge is 0.0422 e. The maximum absolute atomic E-state index is 5.87. The summed E-state index contributed by atoms with van der Waals surface area (Å²) >= 11 is 1.76. The zero-order valence-electron chi connectivity index (χ0n) is 10.7. The molecule has 0 radical (unpaired) electrons. The summed E-state index contributed by atoms with van der Waals surface area (Å²) in [6, 6.07) is 6.95. The third-order valence-corrected chi connectivity index (χ3v) is 3.99. The van der Waals surface area contributed by atoms with Crippen LogP contribution in [0.25, 0.3) is 0 Å². The van der Waals surface area contributed by atoms with Gasteiger partial charge in [0.2, 0.25) is 0 Å². The second-order valence-electron chi connectivity index (χ2n) is 4.03. The summed E-state index contributed by atoms with van der Waals surface area (Å²) in [5, 5.41) is 0. The molecule has 0 amide bonds. The maximum atomic E-state index is 5.87. The Morgan fingerprint density at radius 2 is 2.12 bits per heavy atom. The number of hydrogen-bond acceptors (Lipinski definition) is 3. The molecule has 0 saturated heterocycles. The average Bonchev–Trinajstić information content (AvgIpc) is 2.35. The molecule has 0 fully saturated rings. The van der Waals surface area contributed by atoms with Gasteiger partial charge in [-0.25, -0.2) is 0 Å². The number of benzene rings is 1. The summed E-state index contributed by atoms with van der Waals surface area (Å²) < 4.78 is 0. The molecule has 1 rings (SSSR count). The first-order valence-electron chi connectivity index (χ1n) is 5.74. The van der Waals surface area contributed by atoms with Gasteiger partial charge in [-0.2, -0.15) is 0 Å². The normalized spacial score (nSPS) is 12.6. The predicted molar refractivity (Wildman–Crippen MR) is 74.3 cm³/mol. The molecule has 3 heteroatoms. The van der Waals surface area contributed by atoms with E-state index < -0.39 is 0 Å². The molecule has 0 saturated carbocycles. The van der Waals surface area contributed by atoms with Crippen molar-refractivity contribution in [1.29, 1.82) is 0 Å². The molecule has 0 aliphatic rings. The molecule has 2 N–H and O–H groups in total. The quantitative estimate of drug-likeness (QED) is 0.799. The Morgan fingerprint density at radius 3 is 2.62 bits per heavy atom. The van der Waals surface area contributed by atoms with Gasteiger partial charge in [-0.1, -0.05) is 13.0 Å². The van der Waals surface area contributed by atoms with Gasteiger partial charge in [0.15, 0.2) is 0 Å². The van der Waals surface area contributed by atoms with Gasteiger partial charge in [-0.15, -0.1) is 11.8 Å². The number of nitrogens with zero attached hydrogens (tertiary/aromatic N) is 1. The minimum Gasteiger partial charge on any atom is -0.372 e. The molecule has 0 heterocycles. The number of hydrogen-bond donors (Lipinski definition) is 1. The van der Waals surface area contributed by atoms with Crippen LogP contribution in [-0.4, -0.2) is 19.3 Å². The van der Waals surface area contributed by atoms with Crippen molar-refractivity contribution < 1.29 is 0 Å². The van der Waals surface area contributed by atoms with Crippen LogP contribution in [0.5, 0.6) is 0 Å². The van der Waals surface area contributed by atoms with Crippen LogP contribution in [0.2, 0.25) is 0 Å². The lowest BCUT2D eigenvalue weighted by molar-refractivity contribution is 0.660. The van der Waals surface area contributed by atoms with Crippen LogP contribution in [0.15, 0.2) is 23.1 Å². The first-order chi connectivity index (χ1) is 7.65. The van der Waals surface area contributed by atoms with Crippen molar-refractivity contribution in [2.24, 2.45) is 5.73 Å². The van der Waals surface area contributed by atoms with Crippen LogP contribution < -0.4 is 10.6 Å². The molecule has 90 valence electrons. The second kappa shape index (κ2) is 6.16. The van der Waals surface area contributed by atoms with Crippen LogP contribution in [-0.2, 0) is 6.54 Å². The van der Waals surface area contributed by atoms with Gasteiger partial charge in [0, 0.05) is 35.8 Å². The average molecular weight is 238 g/mol. The molecule has 0 bridgehead atoms. The Bertz CT molecular complexity index is 339. The Hall–Kier alpha value is -0.670. The van der Waals surface area contributed by atoms with E-state index in [1.807, 2.05) is 0 Å². The van der Waals surface area contributed by atoms with E-state index >= 15 is 0 Å². The Balaban J connectivity index is 3.12. The molecule has 0 aromatic heterocycles. The molecular weight excluding hydrogens is 216 g/mol. The van der Waals surface area contributed by atoms with Gasteiger partial charge < -0.3 is 10.6 Å². The lowest BCUT2D eigenvalue weighted by Crippen LogP contribution is -2.29. The molecule has 0 spiro atoms. The topological polar surface area (TPSA) is 29.3 Å². The number of anilines is 1. The molecule has 1 atom stereocenters. The van der Waals surface area contributed by atoms with E-state index in [0.29, 0.717) is 12.6 Å². The number of nitrogens with two attached hydrogens (primary N) is 1. The third kappa shape index (κ3) is 2.71. The van der Waals surface area contributed by atoms with Crippen molar-refractivity contribution in [1.82, 2.24) is 0 Å².